The maximum atomic E-state index is 3.47. The molecule has 0 radical (unpaired) electrons. The van der Waals surface area contributed by atoms with Crippen LogP contribution >= 0.6 is 9.39 Å². The van der Waals surface area contributed by atoms with Gasteiger partial charge in [-0.25, -0.2) is 0 Å². The average Bonchev–Trinajstić information content (AvgIpc) is 2.67. The van der Waals surface area contributed by atoms with Crippen LogP contribution in [0.3, 0.4) is 0 Å². The maximum absolute atomic E-state index is 3.47. The lowest BCUT2D eigenvalue weighted by Crippen LogP contribution is -2.32. The first kappa shape index (κ1) is 11.4. The Hall–Kier alpha value is 0.350. The molecular weight excluding hydrogens is 179 g/mol. The van der Waals surface area contributed by atoms with Crippen LogP contribution in [0.15, 0.2) is 0 Å². The molecule has 2 rings (SSSR count). The summed E-state index contributed by atoms with van der Waals surface area (Å²) in [5.74, 6) is 1.95. The Morgan fingerprint density at radius 2 is 1.85 bits per heavy atom. The lowest BCUT2D eigenvalue weighted by molar-refractivity contribution is 0.263. The summed E-state index contributed by atoms with van der Waals surface area (Å²) in [4.78, 5) is 0. The first-order chi connectivity index (χ1) is 6.40. The maximum Gasteiger partial charge on any atom is 0.0102 e. The van der Waals surface area contributed by atoms with Crippen LogP contribution in [0.2, 0.25) is 0 Å². The average molecular weight is 202 g/mol. The second kappa shape index (κ2) is 5.95. The number of nitrogens with one attached hydrogen (secondary N) is 2. The lowest BCUT2D eigenvalue weighted by atomic mass is 9.79. The molecule has 0 aromatic rings. The molecule has 0 amide bonds. The highest BCUT2D eigenvalue weighted by Gasteiger charge is 2.32. The van der Waals surface area contributed by atoms with Gasteiger partial charge in [-0.2, -0.15) is 0 Å². The number of hydrogen-bond acceptors (Lipinski definition) is 2. The summed E-state index contributed by atoms with van der Waals surface area (Å²) < 4.78 is 0. The highest BCUT2D eigenvalue weighted by Crippen LogP contribution is 2.32. The van der Waals surface area contributed by atoms with Crippen LogP contribution in [-0.4, -0.2) is 19.1 Å². The quantitative estimate of drug-likeness (QED) is 0.633. The third-order valence-corrected chi connectivity index (χ3v) is 3.66. The number of hydrogen-bond donors (Lipinski definition) is 2. The Morgan fingerprint density at radius 3 is 2.54 bits per heavy atom. The Labute approximate surface area is 84.5 Å². The molecule has 1 saturated carbocycles. The molecule has 2 N–H and O–H groups in total. The van der Waals surface area contributed by atoms with Crippen LogP contribution in [0.5, 0.6) is 0 Å². The van der Waals surface area contributed by atoms with Crippen LogP contribution < -0.4 is 10.4 Å². The van der Waals surface area contributed by atoms with Crippen LogP contribution in [0.1, 0.15) is 33.1 Å². The zero-order chi connectivity index (χ0) is 9.68. The third-order valence-electron chi connectivity index (χ3n) is 3.19. The fourth-order valence-corrected chi connectivity index (χ4v) is 2.75. The van der Waals surface area contributed by atoms with Crippen LogP contribution in [0, 0.1) is 11.8 Å². The summed E-state index contributed by atoms with van der Waals surface area (Å²) in [6.07, 6.45) is 4.16. The van der Waals surface area contributed by atoms with Crippen molar-refractivity contribution < 1.29 is 0 Å². The van der Waals surface area contributed by atoms with Gasteiger partial charge in [0.25, 0.3) is 0 Å². The summed E-state index contributed by atoms with van der Waals surface area (Å²) in [7, 11) is 2.64. The normalized spacial score (nSPS) is 37.6. The van der Waals surface area contributed by atoms with Gasteiger partial charge >= 0.3 is 0 Å². The Morgan fingerprint density at radius 1 is 1.15 bits per heavy atom. The molecule has 1 aliphatic carbocycles. The van der Waals surface area contributed by atoms with Crippen molar-refractivity contribution in [2.75, 3.05) is 13.1 Å². The van der Waals surface area contributed by atoms with E-state index in [4.69, 9.17) is 0 Å². The minimum absolute atomic E-state index is 0.765. The molecule has 4 unspecified atom stereocenters. The Balaban J connectivity index is 0.000000396. The van der Waals surface area contributed by atoms with Crippen LogP contribution in [-0.2, 0) is 0 Å². The van der Waals surface area contributed by atoms with E-state index in [0.717, 1.165) is 17.9 Å². The smallest absolute Gasteiger partial charge is 0.0102 e. The Kier molecular flexibility index (Phi) is 5.23. The number of rotatable bonds is 1. The molecule has 2 fully saturated rings. The van der Waals surface area contributed by atoms with Crippen molar-refractivity contribution >= 4 is 9.39 Å². The molecular formula is C10H23N2P. The molecule has 13 heavy (non-hydrogen) atoms. The molecule has 78 valence electrons. The van der Waals surface area contributed by atoms with Crippen molar-refractivity contribution in [1.82, 2.24) is 10.4 Å². The second-order valence-electron chi connectivity index (χ2n) is 3.86. The van der Waals surface area contributed by atoms with E-state index in [-0.39, 0.29) is 0 Å². The monoisotopic (exact) mass is 202 g/mol. The molecule has 0 aromatic heterocycles. The first-order valence-corrected chi connectivity index (χ1v) is 6.14. The molecule has 0 aromatic carbocycles. The van der Waals surface area contributed by atoms with Gasteiger partial charge in [-0.15, -0.1) is 0 Å². The zero-order valence-electron chi connectivity index (χ0n) is 8.84. The molecule has 1 heterocycles. The Bertz CT molecular complexity index is 141. The van der Waals surface area contributed by atoms with Crippen molar-refractivity contribution in [3.05, 3.63) is 0 Å². The standard InChI is InChI=1S/C8H17N2P.C2H6/c11-10-8-2-1-6-4-9-5-7(6)3-8;1-2/h6-10H,1-5,11H2;1-2H3. The predicted octanol–water partition coefficient (Wildman–Crippen LogP) is 1.78. The van der Waals surface area contributed by atoms with Gasteiger partial charge in [0, 0.05) is 6.04 Å². The van der Waals surface area contributed by atoms with Gasteiger partial charge in [-0.1, -0.05) is 23.2 Å². The van der Waals surface area contributed by atoms with E-state index < -0.39 is 0 Å². The van der Waals surface area contributed by atoms with E-state index >= 15 is 0 Å². The number of fused-ring (bicyclic) bond motifs is 1. The van der Waals surface area contributed by atoms with Gasteiger partial charge in [-0.05, 0) is 44.2 Å². The van der Waals surface area contributed by atoms with Crippen molar-refractivity contribution in [2.45, 2.75) is 39.2 Å². The van der Waals surface area contributed by atoms with E-state index in [9.17, 15) is 0 Å². The van der Waals surface area contributed by atoms with Crippen LogP contribution in [0.25, 0.3) is 0 Å². The van der Waals surface area contributed by atoms with E-state index in [2.05, 4.69) is 19.8 Å². The van der Waals surface area contributed by atoms with Gasteiger partial charge in [-0.3, -0.25) is 5.09 Å². The van der Waals surface area contributed by atoms with Crippen molar-refractivity contribution in [2.24, 2.45) is 11.8 Å². The van der Waals surface area contributed by atoms with Gasteiger partial charge < -0.3 is 5.32 Å². The molecule has 1 saturated heterocycles. The summed E-state index contributed by atoms with van der Waals surface area (Å²) in [5, 5.41) is 6.78. The largest absolute Gasteiger partial charge is 0.316 e. The summed E-state index contributed by atoms with van der Waals surface area (Å²) in [5.41, 5.74) is 0. The van der Waals surface area contributed by atoms with Gasteiger partial charge in [0.05, 0.1) is 0 Å². The third kappa shape index (κ3) is 2.90. The van der Waals surface area contributed by atoms with E-state index in [1.54, 1.807) is 0 Å². The predicted molar refractivity (Wildman–Crippen MR) is 61.7 cm³/mol. The summed E-state index contributed by atoms with van der Waals surface area (Å²) in [6, 6.07) is 0.765. The fourth-order valence-electron chi connectivity index (χ4n) is 2.45. The fraction of sp³-hybridized carbons (Fsp3) is 1.00. The highest BCUT2D eigenvalue weighted by atomic mass is 31.0. The van der Waals surface area contributed by atoms with Crippen molar-refractivity contribution in [1.29, 1.82) is 0 Å². The second-order valence-corrected chi connectivity index (χ2v) is 4.19. The molecule has 0 spiro atoms. The van der Waals surface area contributed by atoms with Gasteiger partial charge in [0.1, 0.15) is 0 Å². The van der Waals surface area contributed by atoms with Gasteiger partial charge in [0.2, 0.25) is 0 Å². The lowest BCUT2D eigenvalue weighted by Gasteiger charge is -2.30. The van der Waals surface area contributed by atoms with E-state index in [1.165, 1.54) is 32.4 Å². The molecule has 1 aliphatic heterocycles. The van der Waals surface area contributed by atoms with Crippen LogP contribution in [0.4, 0.5) is 0 Å². The summed E-state index contributed by atoms with van der Waals surface area (Å²) >= 11 is 0. The van der Waals surface area contributed by atoms with E-state index in [1.807, 2.05) is 13.8 Å². The SMILES string of the molecule is CC.PNC1CCC2CNCC2C1. The topological polar surface area (TPSA) is 24.1 Å². The van der Waals surface area contributed by atoms with Crippen molar-refractivity contribution in [3.8, 4) is 0 Å². The van der Waals surface area contributed by atoms with Gasteiger partial charge in [0.15, 0.2) is 0 Å². The first-order valence-electron chi connectivity index (χ1n) is 5.57. The molecule has 0 bridgehead atoms. The molecule has 4 atom stereocenters. The van der Waals surface area contributed by atoms with E-state index in [0.29, 0.717) is 0 Å². The van der Waals surface area contributed by atoms with Crippen molar-refractivity contribution in [3.63, 3.8) is 0 Å². The summed E-state index contributed by atoms with van der Waals surface area (Å²) in [6.45, 7) is 6.53. The minimum Gasteiger partial charge on any atom is -0.316 e. The molecule has 3 heteroatoms. The highest BCUT2D eigenvalue weighted by molar-refractivity contribution is 7.13. The molecule has 2 aliphatic rings. The molecule has 2 nitrogen and oxygen atoms in total. The minimum atomic E-state index is 0.765. The zero-order valence-corrected chi connectivity index (χ0v) is 10.00.